The second-order valence-corrected chi connectivity index (χ2v) is 4.36. The molecule has 0 aromatic rings. The Labute approximate surface area is 71.6 Å². The lowest BCUT2D eigenvalue weighted by Crippen LogP contribution is -2.47. The number of hydrogen-bond donors (Lipinski definition) is 1. The van der Waals surface area contributed by atoms with Gasteiger partial charge in [0.05, 0.1) is 14.1 Å². The van der Waals surface area contributed by atoms with Crippen LogP contribution in [0.3, 0.4) is 0 Å². The van der Waals surface area contributed by atoms with Crippen molar-refractivity contribution in [2.75, 3.05) is 20.0 Å². The van der Waals surface area contributed by atoms with Crippen molar-refractivity contribution in [2.24, 2.45) is 0 Å². The highest BCUT2D eigenvalue weighted by atomic mass is 32.2. The normalized spacial score (nSPS) is 12.6. The molecule has 0 rings (SSSR count). The summed E-state index contributed by atoms with van der Waals surface area (Å²) in [5.41, 5.74) is 0. The summed E-state index contributed by atoms with van der Waals surface area (Å²) in [5, 5.41) is 0. The van der Waals surface area contributed by atoms with Crippen molar-refractivity contribution in [3.63, 3.8) is 0 Å². The van der Waals surface area contributed by atoms with Gasteiger partial charge in [0.25, 0.3) is 0 Å². The van der Waals surface area contributed by atoms with Crippen LogP contribution >= 0.6 is 0 Å². The van der Waals surface area contributed by atoms with E-state index in [-0.39, 0.29) is 0 Å². The van der Waals surface area contributed by atoms with E-state index in [1.807, 2.05) is 0 Å². The minimum atomic E-state index is -4.13. The van der Waals surface area contributed by atoms with Crippen molar-refractivity contribution in [1.29, 1.82) is 0 Å². The second-order valence-electron chi connectivity index (χ2n) is 2.94. The summed E-state index contributed by atoms with van der Waals surface area (Å²) in [6.45, 7) is 3.22. The fraction of sp³-hybridized carbons (Fsp3) is 0.500. The number of amides is 1. The molecule has 5 nitrogen and oxygen atoms in total. The SMILES string of the molecule is C=CC(=O)[N+](C)(C)CS(=O)(=O)O. The van der Waals surface area contributed by atoms with Gasteiger partial charge in [-0.25, -0.2) is 9.28 Å². The van der Waals surface area contributed by atoms with Crippen LogP contribution in [-0.4, -0.2) is 43.3 Å². The highest BCUT2D eigenvalue weighted by molar-refractivity contribution is 7.85. The molecule has 0 aromatic heterocycles. The molecule has 0 aliphatic rings. The number of likely N-dealkylation sites (N-methyl/N-ethyl adjacent to an activating group) is 1. The van der Waals surface area contributed by atoms with Crippen LogP contribution in [0.25, 0.3) is 0 Å². The molecule has 0 bridgehead atoms. The average Bonchev–Trinajstić information content (AvgIpc) is 1.80. The third kappa shape index (κ3) is 3.61. The quantitative estimate of drug-likeness (QED) is 0.377. The minimum Gasteiger partial charge on any atom is -0.281 e. The molecule has 12 heavy (non-hydrogen) atoms. The molecule has 6 heteroatoms. The zero-order valence-electron chi connectivity index (χ0n) is 7.02. The van der Waals surface area contributed by atoms with E-state index in [1.54, 1.807) is 0 Å². The van der Waals surface area contributed by atoms with Gasteiger partial charge >= 0.3 is 16.0 Å². The monoisotopic (exact) mass is 194 g/mol. The molecule has 0 fully saturated rings. The first-order chi connectivity index (χ1) is 5.19. The molecule has 0 aliphatic carbocycles. The molecule has 0 aliphatic heterocycles. The maximum absolute atomic E-state index is 11.0. The van der Waals surface area contributed by atoms with E-state index in [2.05, 4.69) is 6.58 Å². The van der Waals surface area contributed by atoms with Gasteiger partial charge in [0.15, 0.2) is 0 Å². The molecule has 0 aromatic carbocycles. The predicted octanol–water partition coefficient (Wildman–Crippen LogP) is -0.379. The maximum atomic E-state index is 11.0. The maximum Gasteiger partial charge on any atom is 0.338 e. The first-order valence-electron chi connectivity index (χ1n) is 3.14. The van der Waals surface area contributed by atoms with Crippen LogP contribution in [-0.2, 0) is 14.9 Å². The van der Waals surface area contributed by atoms with Crippen molar-refractivity contribution in [3.8, 4) is 0 Å². The third-order valence-corrected chi connectivity index (χ3v) is 2.23. The van der Waals surface area contributed by atoms with Gasteiger partial charge in [-0.1, -0.05) is 6.58 Å². The van der Waals surface area contributed by atoms with Crippen LogP contribution in [0.15, 0.2) is 12.7 Å². The van der Waals surface area contributed by atoms with Gasteiger partial charge in [0, 0.05) is 6.08 Å². The number of carbonyl (C=O) groups is 1. The van der Waals surface area contributed by atoms with Crippen molar-refractivity contribution in [3.05, 3.63) is 12.7 Å². The van der Waals surface area contributed by atoms with Gasteiger partial charge in [-0.3, -0.25) is 4.55 Å². The van der Waals surface area contributed by atoms with Gasteiger partial charge < -0.3 is 0 Å². The Hall–Kier alpha value is -0.720. The Bertz CT molecular complexity index is 291. The third-order valence-electron chi connectivity index (χ3n) is 1.26. The number of carbonyl (C=O) groups excluding carboxylic acids is 1. The van der Waals surface area contributed by atoms with E-state index >= 15 is 0 Å². The number of rotatable bonds is 3. The second kappa shape index (κ2) is 3.34. The van der Waals surface area contributed by atoms with E-state index in [0.717, 1.165) is 6.08 Å². The van der Waals surface area contributed by atoms with Crippen molar-refractivity contribution < 1.29 is 22.2 Å². The van der Waals surface area contributed by atoms with Crippen LogP contribution in [0.2, 0.25) is 0 Å². The highest BCUT2D eigenvalue weighted by Crippen LogP contribution is 2.02. The van der Waals surface area contributed by atoms with Gasteiger partial charge in [-0.05, 0) is 0 Å². The lowest BCUT2D eigenvalue weighted by atomic mass is 10.5. The number of nitrogens with zero attached hydrogens (tertiary/aromatic N) is 1. The minimum absolute atomic E-state index is 0.456. The van der Waals surface area contributed by atoms with E-state index < -0.39 is 26.4 Å². The molecule has 0 saturated carbocycles. The average molecular weight is 194 g/mol. The Morgan fingerprint density at radius 2 is 2.00 bits per heavy atom. The Kier molecular flexibility index (Phi) is 3.14. The first kappa shape index (κ1) is 11.3. The van der Waals surface area contributed by atoms with Gasteiger partial charge in [-0.2, -0.15) is 8.42 Å². The summed E-state index contributed by atoms with van der Waals surface area (Å²) in [6, 6.07) is 0. The summed E-state index contributed by atoms with van der Waals surface area (Å²) in [6.07, 6.45) is 1.02. The molecule has 0 atom stereocenters. The Balaban J connectivity index is 4.65. The summed E-state index contributed by atoms with van der Waals surface area (Å²) < 4.78 is 28.9. The van der Waals surface area contributed by atoms with Crippen LogP contribution < -0.4 is 0 Å². The zero-order chi connectivity index (χ0) is 9.99. The topological polar surface area (TPSA) is 71.4 Å². The van der Waals surface area contributed by atoms with E-state index in [1.165, 1.54) is 14.1 Å². The number of quaternary nitrogens is 1. The smallest absolute Gasteiger partial charge is 0.281 e. The molecule has 0 heterocycles. The Morgan fingerprint density at radius 3 is 2.25 bits per heavy atom. The predicted molar refractivity (Wildman–Crippen MR) is 43.7 cm³/mol. The molecule has 1 amide bonds. The van der Waals surface area contributed by atoms with Crippen LogP contribution in [0.1, 0.15) is 0 Å². The lowest BCUT2D eigenvalue weighted by Gasteiger charge is -2.22. The van der Waals surface area contributed by atoms with Crippen LogP contribution in [0.5, 0.6) is 0 Å². The number of hydrogen-bond acceptors (Lipinski definition) is 3. The molecular weight excluding hydrogens is 182 g/mol. The molecule has 0 unspecified atom stereocenters. The summed E-state index contributed by atoms with van der Waals surface area (Å²) in [7, 11) is -1.39. The molecule has 1 N–H and O–H groups in total. The summed E-state index contributed by atoms with van der Waals surface area (Å²) >= 11 is 0. The standard InChI is InChI=1S/C6H11NO4S/c1-4-6(8)7(2,3)5-12(9,10)11/h4H,1,5H2,2-3H3/p+1. The van der Waals surface area contributed by atoms with Crippen LogP contribution in [0.4, 0.5) is 0 Å². The van der Waals surface area contributed by atoms with Crippen molar-refractivity contribution in [1.82, 2.24) is 0 Å². The van der Waals surface area contributed by atoms with Crippen LogP contribution in [0, 0.1) is 0 Å². The fourth-order valence-electron chi connectivity index (χ4n) is 0.719. The fourth-order valence-corrected chi connectivity index (χ4v) is 1.66. The van der Waals surface area contributed by atoms with E-state index in [4.69, 9.17) is 4.55 Å². The van der Waals surface area contributed by atoms with Crippen molar-refractivity contribution >= 4 is 16.0 Å². The molecule has 0 saturated heterocycles. The summed E-state index contributed by atoms with van der Waals surface area (Å²) in [5.74, 6) is -1.11. The summed E-state index contributed by atoms with van der Waals surface area (Å²) in [4.78, 5) is 11.0. The largest absolute Gasteiger partial charge is 0.338 e. The first-order valence-corrected chi connectivity index (χ1v) is 4.75. The van der Waals surface area contributed by atoms with Gasteiger partial charge in [0.2, 0.25) is 5.88 Å². The molecular formula is C6H12NO4S+. The Morgan fingerprint density at radius 1 is 1.58 bits per heavy atom. The van der Waals surface area contributed by atoms with E-state index in [0.29, 0.717) is 0 Å². The zero-order valence-corrected chi connectivity index (χ0v) is 7.84. The molecule has 0 spiro atoms. The molecule has 0 radical (unpaired) electrons. The molecule has 70 valence electrons. The lowest BCUT2D eigenvalue weighted by molar-refractivity contribution is -0.798. The van der Waals surface area contributed by atoms with Crippen molar-refractivity contribution in [2.45, 2.75) is 0 Å². The highest BCUT2D eigenvalue weighted by Gasteiger charge is 2.29. The van der Waals surface area contributed by atoms with E-state index in [9.17, 15) is 13.2 Å². The van der Waals surface area contributed by atoms with Gasteiger partial charge in [-0.15, -0.1) is 0 Å². The van der Waals surface area contributed by atoms with Gasteiger partial charge in [0.1, 0.15) is 0 Å².